The molecule has 5 nitrogen and oxygen atoms in total. The summed E-state index contributed by atoms with van der Waals surface area (Å²) in [4.78, 5) is 25.8. The molecule has 0 aliphatic rings. The molecule has 1 heterocycles. The number of hydrogen-bond donors (Lipinski definition) is 1. The van der Waals surface area contributed by atoms with Gasteiger partial charge in [0, 0.05) is 11.6 Å². The second kappa shape index (κ2) is 7.99. The van der Waals surface area contributed by atoms with Crippen LogP contribution in [-0.2, 0) is 16.1 Å². The number of carbonyl (C=O) groups excluding carboxylic acids is 1. The number of aromatic amines is 1. The van der Waals surface area contributed by atoms with Crippen molar-refractivity contribution in [2.24, 2.45) is 0 Å². The average Bonchev–Trinajstić information content (AvgIpc) is 2.52. The van der Waals surface area contributed by atoms with E-state index in [4.69, 9.17) is 21.6 Å². The quantitative estimate of drug-likeness (QED) is 0.649. The predicted octanol–water partition coefficient (Wildman–Crippen LogP) is 3.18. The number of ether oxygens (including phenoxy) is 1. The summed E-state index contributed by atoms with van der Waals surface area (Å²) in [6.07, 6.45) is 0. The van der Waals surface area contributed by atoms with Gasteiger partial charge in [-0.25, -0.2) is 4.39 Å². The lowest BCUT2D eigenvalue weighted by molar-refractivity contribution is -0.141. The minimum Gasteiger partial charge on any atom is -0.460 e. The highest BCUT2D eigenvalue weighted by molar-refractivity contribution is 7.99. The van der Waals surface area contributed by atoms with E-state index in [1.165, 1.54) is 24.3 Å². The number of nitrogens with zero attached hydrogens (tertiary/aromatic N) is 1. The summed E-state index contributed by atoms with van der Waals surface area (Å²) in [6.45, 7) is 1.34. The Kier molecular flexibility index (Phi) is 6.01. The van der Waals surface area contributed by atoms with Gasteiger partial charge in [0.05, 0.1) is 21.4 Å². The maximum absolute atomic E-state index is 13.6. The molecule has 8 heteroatoms. The zero-order chi connectivity index (χ0) is 17.7. The number of thioether (sulfide) groups is 1. The molecule has 2 rings (SSSR count). The number of nitrogens with one attached hydrogen (secondary N) is 1. The third-order valence-electron chi connectivity index (χ3n) is 3.09. The van der Waals surface area contributed by atoms with E-state index >= 15 is 0 Å². The van der Waals surface area contributed by atoms with Crippen LogP contribution in [0.2, 0.25) is 5.02 Å². The number of nitriles is 1. The highest BCUT2D eigenvalue weighted by Gasteiger charge is 2.13. The first kappa shape index (κ1) is 18.0. The lowest BCUT2D eigenvalue weighted by Gasteiger charge is -2.08. The Bertz CT molecular complexity index is 856. The van der Waals surface area contributed by atoms with Gasteiger partial charge in [-0.1, -0.05) is 29.4 Å². The maximum atomic E-state index is 13.6. The highest BCUT2D eigenvalue weighted by Crippen LogP contribution is 2.22. The van der Waals surface area contributed by atoms with Crippen LogP contribution < -0.4 is 5.56 Å². The van der Waals surface area contributed by atoms with Gasteiger partial charge in [0.25, 0.3) is 0 Å². The fourth-order valence-corrected chi connectivity index (χ4v) is 2.99. The zero-order valence-electron chi connectivity index (χ0n) is 12.6. The summed E-state index contributed by atoms with van der Waals surface area (Å²) in [5.41, 5.74) is 0.555. The van der Waals surface area contributed by atoms with Crippen LogP contribution in [0, 0.1) is 24.1 Å². The number of hydrogen-bond acceptors (Lipinski definition) is 5. The van der Waals surface area contributed by atoms with E-state index in [1.807, 2.05) is 6.07 Å². The molecule has 1 aromatic carbocycles. The molecule has 0 amide bonds. The smallest absolute Gasteiger partial charge is 0.316 e. The number of aromatic nitrogens is 1. The molecule has 0 spiro atoms. The number of carbonyl (C=O) groups is 1. The van der Waals surface area contributed by atoms with Gasteiger partial charge in [0.2, 0.25) is 5.56 Å². The van der Waals surface area contributed by atoms with Gasteiger partial charge < -0.3 is 9.72 Å². The molecular formula is C16H12ClFN2O3S. The van der Waals surface area contributed by atoms with Crippen LogP contribution in [0.25, 0.3) is 0 Å². The molecule has 0 aliphatic heterocycles. The summed E-state index contributed by atoms with van der Waals surface area (Å²) in [6, 6.07) is 7.46. The van der Waals surface area contributed by atoms with Crippen LogP contribution in [-0.4, -0.2) is 16.7 Å². The summed E-state index contributed by atoms with van der Waals surface area (Å²) < 4.78 is 18.6. The van der Waals surface area contributed by atoms with Crippen molar-refractivity contribution in [1.82, 2.24) is 4.98 Å². The number of rotatable bonds is 5. The predicted molar refractivity (Wildman–Crippen MR) is 88.4 cm³/mol. The van der Waals surface area contributed by atoms with Crippen LogP contribution >= 0.6 is 23.4 Å². The van der Waals surface area contributed by atoms with Crippen molar-refractivity contribution in [3.63, 3.8) is 0 Å². The first-order valence-corrected chi connectivity index (χ1v) is 8.14. The van der Waals surface area contributed by atoms with E-state index in [2.05, 4.69) is 4.98 Å². The van der Waals surface area contributed by atoms with Gasteiger partial charge in [-0.15, -0.1) is 0 Å². The molecule has 2 aromatic rings. The van der Waals surface area contributed by atoms with E-state index in [-0.39, 0.29) is 28.5 Å². The van der Waals surface area contributed by atoms with Crippen molar-refractivity contribution in [2.45, 2.75) is 18.6 Å². The number of aryl methyl sites for hydroxylation is 1. The second-order valence-electron chi connectivity index (χ2n) is 4.78. The molecule has 1 aromatic heterocycles. The average molecular weight is 367 g/mol. The van der Waals surface area contributed by atoms with Crippen molar-refractivity contribution >= 4 is 29.3 Å². The molecule has 0 aliphatic carbocycles. The fourth-order valence-electron chi connectivity index (χ4n) is 1.90. The van der Waals surface area contributed by atoms with E-state index in [0.29, 0.717) is 16.2 Å². The van der Waals surface area contributed by atoms with E-state index in [1.54, 1.807) is 6.92 Å². The van der Waals surface area contributed by atoms with Crippen LogP contribution in [0.15, 0.2) is 34.1 Å². The molecule has 0 saturated heterocycles. The number of halogens is 2. The molecule has 24 heavy (non-hydrogen) atoms. The second-order valence-corrected chi connectivity index (χ2v) is 6.17. The topological polar surface area (TPSA) is 82.9 Å². The maximum Gasteiger partial charge on any atom is 0.316 e. The molecule has 0 saturated carbocycles. The number of esters is 1. The highest BCUT2D eigenvalue weighted by atomic mass is 35.5. The Hall–Kier alpha value is -2.30. The third kappa shape index (κ3) is 4.37. The standard InChI is InChI=1S/C16H12ClFN2O3S/c1-9-5-14(21)20-16(10(9)6-19)24-8-15(22)23-7-11-12(17)3-2-4-13(11)18/h2-5H,7-8H2,1H3,(H,20,21). The molecule has 124 valence electrons. The molecule has 0 fully saturated rings. The lowest BCUT2D eigenvalue weighted by Crippen LogP contribution is -2.12. The molecule has 0 atom stereocenters. The Morgan fingerprint density at radius 2 is 2.25 bits per heavy atom. The molecule has 0 unspecified atom stereocenters. The SMILES string of the molecule is Cc1cc(=O)[nH]c(SCC(=O)OCc2c(F)cccc2Cl)c1C#N. The van der Waals surface area contributed by atoms with E-state index in [0.717, 1.165) is 11.8 Å². The first-order valence-electron chi connectivity index (χ1n) is 6.77. The Morgan fingerprint density at radius 3 is 2.92 bits per heavy atom. The number of H-pyrrole nitrogens is 1. The fraction of sp³-hybridized carbons (Fsp3) is 0.188. The lowest BCUT2D eigenvalue weighted by atomic mass is 10.2. The minimum absolute atomic E-state index is 0.0965. The third-order valence-corrected chi connectivity index (χ3v) is 4.42. The molecule has 1 N–H and O–H groups in total. The van der Waals surface area contributed by atoms with Crippen LogP contribution in [0.5, 0.6) is 0 Å². The Balaban J connectivity index is 2.00. The van der Waals surface area contributed by atoms with Gasteiger partial charge in [-0.05, 0) is 24.6 Å². The van der Waals surface area contributed by atoms with Crippen LogP contribution in [0.4, 0.5) is 4.39 Å². The van der Waals surface area contributed by atoms with Crippen LogP contribution in [0.3, 0.4) is 0 Å². The molecule has 0 bridgehead atoms. The zero-order valence-corrected chi connectivity index (χ0v) is 14.1. The van der Waals surface area contributed by atoms with Crippen molar-refractivity contribution in [3.05, 3.63) is 62.1 Å². The summed E-state index contributed by atoms with van der Waals surface area (Å²) in [5, 5.41) is 9.58. The first-order chi connectivity index (χ1) is 11.4. The molecule has 0 radical (unpaired) electrons. The summed E-state index contributed by atoms with van der Waals surface area (Å²) in [7, 11) is 0. The van der Waals surface area contributed by atoms with Gasteiger partial charge in [0.15, 0.2) is 0 Å². The summed E-state index contributed by atoms with van der Waals surface area (Å²) >= 11 is 6.82. The van der Waals surface area contributed by atoms with Gasteiger partial charge in [-0.3, -0.25) is 9.59 Å². The molecular weight excluding hydrogens is 355 g/mol. The van der Waals surface area contributed by atoms with Gasteiger partial charge >= 0.3 is 5.97 Å². The van der Waals surface area contributed by atoms with Gasteiger partial charge in [0.1, 0.15) is 18.5 Å². The minimum atomic E-state index is -0.620. The van der Waals surface area contributed by atoms with Crippen molar-refractivity contribution in [1.29, 1.82) is 5.26 Å². The van der Waals surface area contributed by atoms with Crippen molar-refractivity contribution in [2.75, 3.05) is 5.75 Å². The van der Waals surface area contributed by atoms with Crippen molar-refractivity contribution in [3.8, 4) is 6.07 Å². The van der Waals surface area contributed by atoms with Crippen LogP contribution in [0.1, 0.15) is 16.7 Å². The Morgan fingerprint density at radius 1 is 1.50 bits per heavy atom. The summed E-state index contributed by atoms with van der Waals surface area (Å²) in [5.74, 6) is -1.32. The largest absolute Gasteiger partial charge is 0.460 e. The monoisotopic (exact) mass is 366 g/mol. The Labute approximate surface area is 146 Å². The normalized spacial score (nSPS) is 10.2. The van der Waals surface area contributed by atoms with E-state index < -0.39 is 11.8 Å². The number of pyridine rings is 1. The number of benzene rings is 1. The van der Waals surface area contributed by atoms with Crippen molar-refractivity contribution < 1.29 is 13.9 Å². The van der Waals surface area contributed by atoms with E-state index in [9.17, 15) is 14.0 Å². The van der Waals surface area contributed by atoms with Gasteiger partial charge in [-0.2, -0.15) is 5.26 Å².